The topological polar surface area (TPSA) is 69.3 Å². The van der Waals surface area contributed by atoms with Crippen molar-refractivity contribution in [3.8, 4) is 0 Å². The Morgan fingerprint density at radius 1 is 1.11 bits per heavy atom. The maximum Gasteiger partial charge on any atom is 0.511 e. The first-order valence-corrected chi connectivity index (χ1v) is 13.6. The van der Waals surface area contributed by atoms with Gasteiger partial charge in [0.25, 0.3) is 0 Å². The van der Waals surface area contributed by atoms with Crippen LogP contribution in [0.3, 0.4) is 0 Å². The molecule has 0 spiro atoms. The molecular formula is C26H29F3N4O2S. The van der Waals surface area contributed by atoms with Crippen LogP contribution in [0.2, 0.25) is 0 Å². The Labute approximate surface area is 209 Å². The number of hydrogen-bond donors (Lipinski definition) is 1. The van der Waals surface area contributed by atoms with Gasteiger partial charge in [0.1, 0.15) is 5.82 Å². The molecule has 10 heteroatoms. The Morgan fingerprint density at radius 3 is 2.50 bits per heavy atom. The van der Waals surface area contributed by atoms with Gasteiger partial charge in [0.2, 0.25) is 0 Å². The van der Waals surface area contributed by atoms with E-state index >= 15 is 0 Å². The molecule has 2 heterocycles. The number of rotatable bonds is 7. The largest absolute Gasteiger partial charge is 0.511 e. The predicted octanol–water partition coefficient (Wildman–Crippen LogP) is 5.27. The third kappa shape index (κ3) is 5.15. The highest BCUT2D eigenvalue weighted by atomic mass is 32.2. The first-order chi connectivity index (χ1) is 17.1. The summed E-state index contributed by atoms with van der Waals surface area (Å²) in [5.74, 6) is 1.13. The molecule has 5 rings (SSSR count). The van der Waals surface area contributed by atoms with E-state index in [4.69, 9.17) is 0 Å². The summed E-state index contributed by atoms with van der Waals surface area (Å²) in [5, 5.41) is 0. The molecule has 0 radical (unpaired) electrons. The number of aromatic nitrogens is 2. The van der Waals surface area contributed by atoms with Crippen molar-refractivity contribution in [3.05, 3.63) is 82.9 Å². The molecule has 1 fully saturated rings. The van der Waals surface area contributed by atoms with E-state index in [1.165, 1.54) is 0 Å². The standard InChI is InChI=1S/C26H29F3N4O2S/c1-18-30-14-23(31-18)16-33-24(11-7-19-5-3-2-4-6-19)17-32(36(34,35)26(27,28)29)15-22-13-21(20-8-9-20)10-12-25(22)33/h2-6,10,12-14,20,24H,7-9,11,15-17H2,1H3,(H,30,31)/t24-/m1/s1. The van der Waals surface area contributed by atoms with Gasteiger partial charge in [0, 0.05) is 24.8 Å². The summed E-state index contributed by atoms with van der Waals surface area (Å²) >= 11 is 0. The molecule has 2 aliphatic rings. The molecule has 0 amide bonds. The van der Waals surface area contributed by atoms with Gasteiger partial charge in [0.05, 0.1) is 18.4 Å². The van der Waals surface area contributed by atoms with Gasteiger partial charge >= 0.3 is 15.5 Å². The first-order valence-electron chi connectivity index (χ1n) is 12.1. The molecule has 1 aromatic heterocycles. The average Bonchev–Trinajstić information content (AvgIpc) is 3.62. The lowest BCUT2D eigenvalue weighted by Gasteiger charge is -2.34. The Hall–Kier alpha value is -2.85. The van der Waals surface area contributed by atoms with Gasteiger partial charge in [0.15, 0.2) is 0 Å². The minimum atomic E-state index is -5.50. The number of nitrogens with zero attached hydrogens (tertiary/aromatic N) is 3. The number of halogens is 3. The number of anilines is 1. The zero-order chi connectivity index (χ0) is 25.5. The Kier molecular flexibility index (Phi) is 6.59. The maximum atomic E-state index is 13.7. The number of aromatic amines is 1. The second kappa shape index (κ2) is 9.55. The molecule has 0 unspecified atom stereocenters. The number of hydrogen-bond acceptors (Lipinski definition) is 4. The van der Waals surface area contributed by atoms with Crippen LogP contribution in [0.25, 0.3) is 0 Å². The smallest absolute Gasteiger partial charge is 0.361 e. The van der Waals surface area contributed by atoms with E-state index in [0.29, 0.717) is 35.2 Å². The van der Waals surface area contributed by atoms with Crippen molar-refractivity contribution in [1.82, 2.24) is 14.3 Å². The van der Waals surface area contributed by atoms with E-state index in [9.17, 15) is 21.6 Å². The first kappa shape index (κ1) is 24.8. The summed E-state index contributed by atoms with van der Waals surface area (Å²) in [6.07, 6.45) is 4.90. The van der Waals surface area contributed by atoms with Crippen molar-refractivity contribution in [2.75, 3.05) is 11.4 Å². The molecule has 0 saturated heterocycles. The summed E-state index contributed by atoms with van der Waals surface area (Å²) in [7, 11) is -5.50. The summed E-state index contributed by atoms with van der Waals surface area (Å²) < 4.78 is 67.1. The van der Waals surface area contributed by atoms with Gasteiger partial charge in [-0.2, -0.15) is 17.5 Å². The average molecular weight is 519 g/mol. The van der Waals surface area contributed by atoms with Crippen LogP contribution in [-0.2, 0) is 29.5 Å². The molecule has 36 heavy (non-hydrogen) atoms. The van der Waals surface area contributed by atoms with Gasteiger partial charge in [-0.05, 0) is 61.3 Å². The number of sulfonamides is 1. The SMILES string of the molecule is Cc1ncc(CN2c3ccc(C4CC4)cc3CN(S(=O)(=O)C(F)(F)F)C[C@H]2CCc2ccccc2)[nH]1. The number of benzene rings is 2. The molecule has 0 bridgehead atoms. The van der Waals surface area contributed by atoms with Crippen molar-refractivity contribution in [2.24, 2.45) is 0 Å². The van der Waals surface area contributed by atoms with Crippen LogP contribution in [0.15, 0.2) is 54.7 Å². The molecule has 1 N–H and O–H groups in total. The van der Waals surface area contributed by atoms with Crippen molar-refractivity contribution in [1.29, 1.82) is 0 Å². The molecule has 1 saturated carbocycles. The molecule has 6 nitrogen and oxygen atoms in total. The highest BCUT2D eigenvalue weighted by Crippen LogP contribution is 2.43. The fraction of sp³-hybridized carbons (Fsp3) is 0.423. The van der Waals surface area contributed by atoms with E-state index < -0.39 is 21.6 Å². The van der Waals surface area contributed by atoms with Crippen LogP contribution < -0.4 is 4.90 Å². The zero-order valence-corrected chi connectivity index (χ0v) is 20.8. The van der Waals surface area contributed by atoms with Crippen LogP contribution in [0, 0.1) is 6.92 Å². The van der Waals surface area contributed by atoms with Crippen LogP contribution in [0.1, 0.15) is 53.4 Å². The molecule has 192 valence electrons. The molecule has 2 aromatic carbocycles. The van der Waals surface area contributed by atoms with Crippen molar-refractivity contribution in [3.63, 3.8) is 0 Å². The normalized spacial score (nSPS) is 19.2. The minimum Gasteiger partial charge on any atom is -0.361 e. The van der Waals surface area contributed by atoms with Crippen LogP contribution in [0.5, 0.6) is 0 Å². The Morgan fingerprint density at radius 2 is 1.86 bits per heavy atom. The molecule has 1 aliphatic carbocycles. The van der Waals surface area contributed by atoms with Crippen molar-refractivity contribution < 1.29 is 21.6 Å². The summed E-state index contributed by atoms with van der Waals surface area (Å²) in [6.45, 7) is 1.66. The summed E-state index contributed by atoms with van der Waals surface area (Å²) in [6, 6.07) is 15.1. The van der Waals surface area contributed by atoms with E-state index in [1.807, 2.05) is 60.4 Å². The zero-order valence-electron chi connectivity index (χ0n) is 20.0. The van der Waals surface area contributed by atoms with Crippen LogP contribution in [-0.4, -0.2) is 40.8 Å². The van der Waals surface area contributed by atoms with Gasteiger partial charge < -0.3 is 9.88 Å². The number of fused-ring (bicyclic) bond motifs is 1. The van der Waals surface area contributed by atoms with E-state index in [1.54, 1.807) is 6.20 Å². The molecule has 3 aromatic rings. The predicted molar refractivity (Wildman–Crippen MR) is 132 cm³/mol. The highest BCUT2D eigenvalue weighted by molar-refractivity contribution is 7.89. The van der Waals surface area contributed by atoms with Gasteiger partial charge in [-0.15, -0.1) is 0 Å². The number of alkyl halides is 3. The molecule has 1 aliphatic heterocycles. The maximum absolute atomic E-state index is 13.7. The lowest BCUT2D eigenvalue weighted by Crippen LogP contribution is -2.47. The quantitative estimate of drug-likeness (QED) is 0.463. The number of H-pyrrole nitrogens is 1. The fourth-order valence-electron chi connectivity index (χ4n) is 4.97. The molecule has 1 atom stereocenters. The van der Waals surface area contributed by atoms with Gasteiger partial charge in [-0.1, -0.05) is 42.5 Å². The number of aryl methyl sites for hydroxylation is 2. The Bertz CT molecular complexity index is 1320. The summed E-state index contributed by atoms with van der Waals surface area (Å²) in [5.41, 5.74) is -1.07. The fourth-order valence-corrected chi connectivity index (χ4v) is 5.94. The number of nitrogens with one attached hydrogen (secondary N) is 1. The highest BCUT2D eigenvalue weighted by Gasteiger charge is 2.51. The monoisotopic (exact) mass is 518 g/mol. The van der Waals surface area contributed by atoms with Gasteiger partial charge in [-0.3, -0.25) is 0 Å². The third-order valence-corrected chi connectivity index (χ3v) is 8.54. The molecular weight excluding hydrogens is 489 g/mol. The van der Waals surface area contributed by atoms with E-state index in [0.717, 1.165) is 41.2 Å². The third-order valence-electron chi connectivity index (χ3n) is 7.00. The van der Waals surface area contributed by atoms with Crippen LogP contribution in [0.4, 0.5) is 18.9 Å². The Balaban J connectivity index is 1.57. The lowest BCUT2D eigenvalue weighted by molar-refractivity contribution is -0.0492. The van der Waals surface area contributed by atoms with Crippen molar-refractivity contribution >= 4 is 15.7 Å². The van der Waals surface area contributed by atoms with E-state index in [-0.39, 0.29) is 13.1 Å². The minimum absolute atomic E-state index is 0.255. The lowest BCUT2D eigenvalue weighted by atomic mass is 10.0. The number of imidazole rings is 1. The second-order valence-electron chi connectivity index (χ2n) is 9.71. The van der Waals surface area contributed by atoms with E-state index in [2.05, 4.69) is 9.97 Å². The second-order valence-corrected chi connectivity index (χ2v) is 11.6. The van der Waals surface area contributed by atoms with Gasteiger partial charge in [-0.25, -0.2) is 13.4 Å². The van der Waals surface area contributed by atoms with Crippen molar-refractivity contribution in [2.45, 2.75) is 63.2 Å². The summed E-state index contributed by atoms with van der Waals surface area (Å²) in [4.78, 5) is 9.53. The van der Waals surface area contributed by atoms with Crippen LogP contribution >= 0.6 is 0 Å².